The Morgan fingerprint density at radius 2 is 1.93 bits per heavy atom. The fraction of sp³-hybridized carbons (Fsp3) is 1.00. The third kappa shape index (κ3) is 3.56. The van der Waals surface area contributed by atoms with Crippen molar-refractivity contribution in [3.63, 3.8) is 0 Å². The Bertz CT molecular complexity index is 113. The van der Waals surface area contributed by atoms with Crippen LogP contribution in [0.1, 0.15) is 26.7 Å². The second-order valence-corrected chi connectivity index (χ2v) is 3.65. The van der Waals surface area contributed by atoms with Crippen LogP contribution in [0.15, 0.2) is 0 Å². The zero-order valence-electron chi connectivity index (χ0n) is 9.59. The van der Waals surface area contributed by atoms with Gasteiger partial charge in [-0.2, -0.15) is 0 Å². The van der Waals surface area contributed by atoms with Gasteiger partial charge in [0.25, 0.3) is 0 Å². The molecule has 0 radical (unpaired) electrons. The summed E-state index contributed by atoms with van der Waals surface area (Å²) in [6.07, 6.45) is 2.70. The first-order valence-electron chi connectivity index (χ1n) is 5.99. The lowest BCUT2D eigenvalue weighted by atomic mass is 10.1. The number of hydrogen-bond donors (Lipinski definition) is 1. The van der Waals surface area contributed by atoms with E-state index < -0.39 is 0 Å². The van der Waals surface area contributed by atoms with E-state index in [0.717, 1.165) is 32.3 Å². The van der Waals surface area contributed by atoms with Crippen molar-refractivity contribution >= 4 is 0 Å². The smallest absolute Gasteiger partial charge is 0.0594 e. The van der Waals surface area contributed by atoms with E-state index in [0.29, 0.717) is 0 Å². The molecule has 0 bridgehead atoms. The fourth-order valence-corrected chi connectivity index (χ4v) is 2.09. The highest BCUT2D eigenvalue weighted by atomic mass is 16.5. The molecule has 1 atom stereocenters. The first kappa shape index (κ1) is 12.0. The summed E-state index contributed by atoms with van der Waals surface area (Å²) in [5, 5.41) is 3.45. The van der Waals surface area contributed by atoms with Crippen molar-refractivity contribution in [3.05, 3.63) is 0 Å². The third-order valence-electron chi connectivity index (χ3n) is 2.83. The Kier molecular flexibility index (Phi) is 6.15. The maximum absolute atomic E-state index is 5.33. The molecule has 0 aromatic heterocycles. The SMILES string of the molecule is C1CNCC(N2CCOCC2)C1.CC. The maximum atomic E-state index is 5.33. The molecule has 2 saturated heterocycles. The van der Waals surface area contributed by atoms with Gasteiger partial charge in [-0.15, -0.1) is 0 Å². The molecule has 84 valence electrons. The Labute approximate surface area is 87.8 Å². The summed E-state index contributed by atoms with van der Waals surface area (Å²) in [6, 6.07) is 0.780. The molecular weight excluding hydrogens is 176 g/mol. The number of morpholine rings is 1. The number of rotatable bonds is 1. The van der Waals surface area contributed by atoms with Gasteiger partial charge in [-0.1, -0.05) is 13.8 Å². The van der Waals surface area contributed by atoms with Crippen LogP contribution in [0.4, 0.5) is 0 Å². The molecule has 0 spiro atoms. The second-order valence-electron chi connectivity index (χ2n) is 3.65. The van der Waals surface area contributed by atoms with Gasteiger partial charge in [-0.3, -0.25) is 4.90 Å². The topological polar surface area (TPSA) is 24.5 Å². The van der Waals surface area contributed by atoms with Crippen LogP contribution in [-0.2, 0) is 4.74 Å². The van der Waals surface area contributed by atoms with E-state index in [1.807, 2.05) is 13.8 Å². The Balaban J connectivity index is 0.000000461. The fourth-order valence-electron chi connectivity index (χ4n) is 2.09. The van der Waals surface area contributed by atoms with Gasteiger partial charge in [-0.25, -0.2) is 0 Å². The minimum Gasteiger partial charge on any atom is -0.379 e. The van der Waals surface area contributed by atoms with Gasteiger partial charge in [0, 0.05) is 25.7 Å². The molecule has 0 aliphatic carbocycles. The lowest BCUT2D eigenvalue weighted by molar-refractivity contribution is 0.0116. The molecule has 2 aliphatic rings. The Hall–Kier alpha value is -0.120. The summed E-state index contributed by atoms with van der Waals surface area (Å²) in [6.45, 7) is 10.5. The summed E-state index contributed by atoms with van der Waals surface area (Å²) in [5.74, 6) is 0. The standard InChI is InChI=1S/C9H18N2O.C2H6/c1-2-9(8-10-3-1)11-4-6-12-7-5-11;1-2/h9-10H,1-8H2;1-2H3. The van der Waals surface area contributed by atoms with Crippen LogP contribution in [0.5, 0.6) is 0 Å². The lowest BCUT2D eigenvalue weighted by Crippen LogP contribution is -2.50. The average molecular weight is 200 g/mol. The summed E-state index contributed by atoms with van der Waals surface area (Å²) < 4.78 is 5.33. The predicted molar refractivity (Wildman–Crippen MR) is 59.6 cm³/mol. The van der Waals surface area contributed by atoms with Crippen LogP contribution in [-0.4, -0.2) is 50.3 Å². The van der Waals surface area contributed by atoms with E-state index in [2.05, 4.69) is 10.2 Å². The number of ether oxygens (including phenoxy) is 1. The van der Waals surface area contributed by atoms with Crippen molar-refractivity contribution < 1.29 is 4.74 Å². The highest BCUT2D eigenvalue weighted by Crippen LogP contribution is 2.11. The predicted octanol–water partition coefficient (Wildman–Crippen LogP) is 1.10. The molecule has 0 aromatic carbocycles. The Morgan fingerprint density at radius 1 is 1.21 bits per heavy atom. The molecule has 0 saturated carbocycles. The molecular formula is C11H24N2O. The van der Waals surface area contributed by atoms with Gasteiger partial charge < -0.3 is 10.1 Å². The largest absolute Gasteiger partial charge is 0.379 e. The molecule has 14 heavy (non-hydrogen) atoms. The maximum Gasteiger partial charge on any atom is 0.0594 e. The van der Waals surface area contributed by atoms with Crippen molar-refractivity contribution in [1.29, 1.82) is 0 Å². The van der Waals surface area contributed by atoms with Crippen molar-refractivity contribution in [2.45, 2.75) is 32.7 Å². The second kappa shape index (κ2) is 7.21. The lowest BCUT2D eigenvalue weighted by Gasteiger charge is -2.36. The van der Waals surface area contributed by atoms with Crippen LogP contribution < -0.4 is 5.32 Å². The van der Waals surface area contributed by atoms with Gasteiger partial charge in [0.2, 0.25) is 0 Å². The summed E-state index contributed by atoms with van der Waals surface area (Å²) >= 11 is 0. The van der Waals surface area contributed by atoms with Crippen LogP contribution in [0.25, 0.3) is 0 Å². The van der Waals surface area contributed by atoms with Gasteiger partial charge in [0.05, 0.1) is 13.2 Å². The molecule has 3 nitrogen and oxygen atoms in total. The first-order chi connectivity index (χ1) is 6.97. The highest BCUT2D eigenvalue weighted by molar-refractivity contribution is 4.79. The van der Waals surface area contributed by atoms with Crippen LogP contribution in [0.2, 0.25) is 0 Å². The van der Waals surface area contributed by atoms with Crippen LogP contribution >= 0.6 is 0 Å². The minimum absolute atomic E-state index is 0.780. The number of hydrogen-bond acceptors (Lipinski definition) is 3. The van der Waals surface area contributed by atoms with Gasteiger partial charge in [0.15, 0.2) is 0 Å². The normalized spacial score (nSPS) is 29.1. The monoisotopic (exact) mass is 200 g/mol. The van der Waals surface area contributed by atoms with Gasteiger partial charge in [-0.05, 0) is 19.4 Å². The molecule has 2 fully saturated rings. The number of nitrogens with zero attached hydrogens (tertiary/aromatic N) is 1. The van der Waals surface area contributed by atoms with E-state index in [1.165, 1.54) is 25.9 Å². The zero-order valence-corrected chi connectivity index (χ0v) is 9.59. The third-order valence-corrected chi connectivity index (χ3v) is 2.83. The molecule has 0 amide bonds. The Morgan fingerprint density at radius 3 is 2.50 bits per heavy atom. The van der Waals surface area contributed by atoms with Crippen molar-refractivity contribution in [1.82, 2.24) is 10.2 Å². The molecule has 1 unspecified atom stereocenters. The van der Waals surface area contributed by atoms with Crippen LogP contribution in [0, 0.1) is 0 Å². The van der Waals surface area contributed by atoms with E-state index in [9.17, 15) is 0 Å². The summed E-state index contributed by atoms with van der Waals surface area (Å²) in [4.78, 5) is 2.57. The van der Waals surface area contributed by atoms with Crippen LogP contribution in [0.3, 0.4) is 0 Å². The quantitative estimate of drug-likeness (QED) is 0.686. The molecule has 3 heteroatoms. The molecule has 2 rings (SSSR count). The number of nitrogens with one attached hydrogen (secondary N) is 1. The molecule has 2 aliphatic heterocycles. The van der Waals surface area contributed by atoms with Gasteiger partial charge in [0.1, 0.15) is 0 Å². The van der Waals surface area contributed by atoms with E-state index >= 15 is 0 Å². The first-order valence-corrected chi connectivity index (χ1v) is 5.99. The average Bonchev–Trinajstić information content (AvgIpc) is 2.34. The van der Waals surface area contributed by atoms with Crippen molar-refractivity contribution in [2.75, 3.05) is 39.4 Å². The number of piperidine rings is 1. The van der Waals surface area contributed by atoms with E-state index in [4.69, 9.17) is 4.74 Å². The summed E-state index contributed by atoms with van der Waals surface area (Å²) in [7, 11) is 0. The van der Waals surface area contributed by atoms with E-state index in [1.54, 1.807) is 0 Å². The van der Waals surface area contributed by atoms with Gasteiger partial charge >= 0.3 is 0 Å². The van der Waals surface area contributed by atoms with Crippen molar-refractivity contribution in [2.24, 2.45) is 0 Å². The molecule has 1 N–H and O–H groups in total. The van der Waals surface area contributed by atoms with E-state index in [-0.39, 0.29) is 0 Å². The zero-order chi connectivity index (χ0) is 10.2. The molecule has 0 aromatic rings. The highest BCUT2D eigenvalue weighted by Gasteiger charge is 2.21. The summed E-state index contributed by atoms with van der Waals surface area (Å²) in [5.41, 5.74) is 0. The van der Waals surface area contributed by atoms with Crippen molar-refractivity contribution in [3.8, 4) is 0 Å². The minimum atomic E-state index is 0.780. The molecule has 2 heterocycles.